The maximum Gasteiger partial charge on any atom is 0.410 e. The van der Waals surface area contributed by atoms with Crippen molar-refractivity contribution in [3.8, 4) is 0 Å². The van der Waals surface area contributed by atoms with Crippen molar-refractivity contribution in [3.63, 3.8) is 0 Å². The van der Waals surface area contributed by atoms with Crippen molar-refractivity contribution >= 4 is 34.2 Å². The number of benzene rings is 1. The fraction of sp³-hybridized carbons (Fsp3) is 0.517. The Morgan fingerprint density at radius 3 is 2.44 bits per heavy atom. The molecule has 1 unspecified atom stereocenters. The standard InChI is InChI=1S/C29H40N4O7S/c1-18-11-13-24(14-12-18)41(37,38)39-17-23-16-22-10-9-15-30-19(2)25(27(35)33(23)20(22)3)31-26(34)21(4)32(8)28(36)40-29(5,6)7/h9-15,19,21,23,25H,16-17H2,1-8H3,(H,31,34)/b10-9-,30-15?/t19?,21-,23-,25-/m0/s1. The minimum absolute atomic E-state index is 0.0250. The number of aryl methyl sites for hydroxylation is 1. The molecule has 0 aromatic heterocycles. The molecule has 1 N–H and O–H groups in total. The van der Waals surface area contributed by atoms with E-state index in [2.05, 4.69) is 10.3 Å². The third-order valence-electron chi connectivity index (χ3n) is 7.00. The normalized spacial score (nSPS) is 22.8. The first-order valence-electron chi connectivity index (χ1n) is 13.5. The number of allylic oxidation sites excluding steroid dienone is 3. The van der Waals surface area contributed by atoms with Crippen molar-refractivity contribution in [2.45, 2.75) is 89.6 Å². The molecule has 3 rings (SSSR count). The quantitative estimate of drug-likeness (QED) is 0.483. The largest absolute Gasteiger partial charge is 0.444 e. The molecule has 0 radical (unpaired) electrons. The summed E-state index contributed by atoms with van der Waals surface area (Å²) < 4.78 is 36.5. The van der Waals surface area contributed by atoms with E-state index in [1.54, 1.807) is 59.0 Å². The van der Waals surface area contributed by atoms with Gasteiger partial charge in [0.1, 0.15) is 17.7 Å². The SMILES string of the molecule is CC1=C2/C=C\C=NC(C)[C@H](NC(=O)[C@H](C)N(C)C(=O)OC(C)(C)C)C(=O)N1[C@H](COS(=O)(=O)c1ccc(C)cc1)C2. The summed E-state index contributed by atoms with van der Waals surface area (Å²) in [5.74, 6) is -1.03. The Balaban J connectivity index is 1.83. The minimum atomic E-state index is -4.06. The second kappa shape index (κ2) is 12.6. The van der Waals surface area contributed by atoms with E-state index in [0.717, 1.165) is 16.0 Å². The zero-order valence-corrected chi connectivity index (χ0v) is 25.7. The number of ether oxygens (including phenoxy) is 1. The molecule has 1 aromatic rings. The van der Waals surface area contributed by atoms with E-state index >= 15 is 0 Å². The van der Waals surface area contributed by atoms with Crippen molar-refractivity contribution in [2.75, 3.05) is 13.7 Å². The van der Waals surface area contributed by atoms with Crippen LogP contribution in [0.5, 0.6) is 0 Å². The van der Waals surface area contributed by atoms with Crippen LogP contribution in [0, 0.1) is 6.92 Å². The second-order valence-corrected chi connectivity index (χ2v) is 13.0. The number of nitrogens with one attached hydrogen (secondary N) is 1. The molecule has 12 heteroatoms. The molecule has 0 saturated heterocycles. The summed E-state index contributed by atoms with van der Waals surface area (Å²) in [6, 6.07) is 2.98. The Bertz CT molecular complexity index is 1360. The predicted molar refractivity (Wildman–Crippen MR) is 155 cm³/mol. The summed E-state index contributed by atoms with van der Waals surface area (Å²) >= 11 is 0. The van der Waals surface area contributed by atoms with E-state index in [9.17, 15) is 22.8 Å². The van der Waals surface area contributed by atoms with Gasteiger partial charge in [-0.1, -0.05) is 23.8 Å². The van der Waals surface area contributed by atoms with E-state index in [1.807, 2.05) is 13.0 Å². The number of amides is 3. The zero-order chi connectivity index (χ0) is 30.7. The van der Waals surface area contributed by atoms with E-state index in [1.165, 1.54) is 31.0 Å². The molecule has 1 aromatic carbocycles. The molecule has 3 amide bonds. The molecule has 0 aliphatic carbocycles. The van der Waals surface area contributed by atoms with Crippen LogP contribution in [0.25, 0.3) is 0 Å². The van der Waals surface area contributed by atoms with Crippen LogP contribution < -0.4 is 5.32 Å². The highest BCUT2D eigenvalue weighted by atomic mass is 32.2. The van der Waals surface area contributed by atoms with Gasteiger partial charge in [0.2, 0.25) is 5.91 Å². The summed E-state index contributed by atoms with van der Waals surface area (Å²) in [6.45, 7) is 11.8. The fourth-order valence-electron chi connectivity index (χ4n) is 4.44. The maximum atomic E-state index is 14.0. The summed E-state index contributed by atoms with van der Waals surface area (Å²) in [5, 5.41) is 2.76. The molecule has 2 bridgehead atoms. The average molecular weight is 589 g/mol. The first-order valence-corrected chi connectivity index (χ1v) is 14.9. The summed E-state index contributed by atoms with van der Waals surface area (Å²) in [5.41, 5.74) is 1.62. The Morgan fingerprint density at radius 1 is 1.20 bits per heavy atom. The number of nitrogens with zero attached hydrogens (tertiary/aromatic N) is 3. The van der Waals surface area contributed by atoms with Gasteiger partial charge in [-0.25, -0.2) is 4.79 Å². The topological polar surface area (TPSA) is 135 Å². The molecule has 41 heavy (non-hydrogen) atoms. The smallest absolute Gasteiger partial charge is 0.410 e. The Hall–Kier alpha value is -3.51. The van der Waals surface area contributed by atoms with Gasteiger partial charge in [0.25, 0.3) is 16.0 Å². The predicted octanol–water partition coefficient (Wildman–Crippen LogP) is 3.34. The second-order valence-electron chi connectivity index (χ2n) is 11.4. The molecule has 11 nitrogen and oxygen atoms in total. The van der Waals surface area contributed by atoms with Gasteiger partial charge < -0.3 is 15.0 Å². The van der Waals surface area contributed by atoms with Crippen LogP contribution >= 0.6 is 0 Å². The lowest BCUT2D eigenvalue weighted by atomic mass is 10.1. The Labute approximate surface area is 242 Å². The van der Waals surface area contributed by atoms with Crippen LogP contribution in [-0.2, 0) is 28.6 Å². The number of hydrogen-bond acceptors (Lipinski definition) is 8. The number of carbonyl (C=O) groups excluding carboxylic acids is 3. The number of fused-ring (bicyclic) bond motifs is 1. The van der Waals surface area contributed by atoms with E-state index < -0.39 is 57.8 Å². The van der Waals surface area contributed by atoms with Gasteiger partial charge in [-0.05, 0) is 78.7 Å². The van der Waals surface area contributed by atoms with Crippen LogP contribution in [0.4, 0.5) is 4.79 Å². The average Bonchev–Trinajstić information content (AvgIpc) is 3.19. The van der Waals surface area contributed by atoms with Crippen LogP contribution in [0.3, 0.4) is 0 Å². The fourth-order valence-corrected chi connectivity index (χ4v) is 5.38. The molecule has 4 atom stereocenters. The van der Waals surface area contributed by atoms with Crippen molar-refractivity contribution in [2.24, 2.45) is 4.99 Å². The van der Waals surface area contributed by atoms with Crippen molar-refractivity contribution in [1.29, 1.82) is 0 Å². The van der Waals surface area contributed by atoms with Crippen LogP contribution in [0.2, 0.25) is 0 Å². The Morgan fingerprint density at radius 2 is 1.83 bits per heavy atom. The first kappa shape index (κ1) is 32.0. The van der Waals surface area contributed by atoms with Crippen LogP contribution in [0.1, 0.15) is 53.5 Å². The highest BCUT2D eigenvalue weighted by Gasteiger charge is 2.41. The monoisotopic (exact) mass is 588 g/mol. The van der Waals surface area contributed by atoms with Crippen molar-refractivity contribution in [1.82, 2.24) is 15.1 Å². The van der Waals surface area contributed by atoms with Gasteiger partial charge in [0.05, 0.1) is 23.6 Å². The highest BCUT2D eigenvalue weighted by Crippen LogP contribution is 2.32. The van der Waals surface area contributed by atoms with Gasteiger partial charge >= 0.3 is 6.09 Å². The number of rotatable bonds is 7. The molecule has 2 heterocycles. The number of carbonyl (C=O) groups is 3. The Kier molecular flexibility index (Phi) is 9.81. The number of hydrogen-bond donors (Lipinski definition) is 1. The molecule has 224 valence electrons. The number of likely N-dealkylation sites (N-methyl/N-ethyl adjacent to an activating group) is 1. The summed E-state index contributed by atoms with van der Waals surface area (Å²) in [6.07, 6.45) is 4.82. The van der Waals surface area contributed by atoms with Gasteiger partial charge in [-0.3, -0.25) is 23.7 Å². The van der Waals surface area contributed by atoms with Crippen LogP contribution in [-0.4, -0.2) is 85.8 Å². The molecule has 2 aliphatic heterocycles. The highest BCUT2D eigenvalue weighted by molar-refractivity contribution is 7.86. The maximum absolute atomic E-state index is 14.0. The van der Waals surface area contributed by atoms with Crippen LogP contribution in [0.15, 0.2) is 57.6 Å². The molecule has 0 fully saturated rings. The molecule has 0 spiro atoms. The van der Waals surface area contributed by atoms with Gasteiger partial charge in [-0.2, -0.15) is 8.42 Å². The van der Waals surface area contributed by atoms with Crippen molar-refractivity contribution < 1.29 is 31.7 Å². The number of aliphatic imine (C=N–C) groups is 1. The van der Waals surface area contributed by atoms with E-state index in [0.29, 0.717) is 12.1 Å². The van der Waals surface area contributed by atoms with Gasteiger partial charge in [0, 0.05) is 19.0 Å². The molecular weight excluding hydrogens is 548 g/mol. The molecule has 0 saturated carbocycles. The lowest BCUT2D eigenvalue weighted by Crippen LogP contribution is -2.58. The summed E-state index contributed by atoms with van der Waals surface area (Å²) in [4.78, 5) is 46.9. The third kappa shape index (κ3) is 7.82. The molecular formula is C29H40N4O7S. The van der Waals surface area contributed by atoms with E-state index in [4.69, 9.17) is 8.92 Å². The lowest BCUT2D eigenvalue weighted by molar-refractivity contribution is -0.138. The minimum Gasteiger partial charge on any atom is -0.444 e. The van der Waals surface area contributed by atoms with E-state index in [-0.39, 0.29) is 11.5 Å². The summed E-state index contributed by atoms with van der Waals surface area (Å²) in [7, 11) is -2.62. The van der Waals surface area contributed by atoms with Gasteiger partial charge in [0.15, 0.2) is 0 Å². The van der Waals surface area contributed by atoms with Crippen molar-refractivity contribution in [3.05, 3.63) is 53.3 Å². The van der Waals surface area contributed by atoms with Gasteiger partial charge in [-0.15, -0.1) is 0 Å². The lowest BCUT2D eigenvalue weighted by Gasteiger charge is -2.33. The zero-order valence-electron chi connectivity index (χ0n) is 24.9. The first-order chi connectivity index (χ1) is 19.0. The third-order valence-corrected chi connectivity index (χ3v) is 8.30. The molecule has 2 aliphatic rings.